The average Bonchev–Trinajstić information content (AvgIpc) is 2.74. The highest BCUT2D eigenvalue weighted by molar-refractivity contribution is 7.47. The molecule has 576 valence electrons. The van der Waals surface area contributed by atoms with Gasteiger partial charge >= 0.3 is 39.5 Å². The van der Waals surface area contributed by atoms with Gasteiger partial charge in [0.25, 0.3) is 0 Å². The molecule has 97 heavy (non-hydrogen) atoms. The summed E-state index contributed by atoms with van der Waals surface area (Å²) in [5.41, 5.74) is 0. The van der Waals surface area contributed by atoms with Crippen LogP contribution in [-0.2, 0) is 65.4 Å². The molecular formula is C78H152O17P2. The molecule has 0 spiro atoms. The van der Waals surface area contributed by atoms with Gasteiger partial charge in [0.2, 0.25) is 0 Å². The third-order valence-electron chi connectivity index (χ3n) is 18.6. The van der Waals surface area contributed by atoms with Crippen LogP contribution in [0.3, 0.4) is 0 Å². The van der Waals surface area contributed by atoms with E-state index in [0.717, 1.165) is 102 Å². The number of phosphoric acid groups is 2. The Kier molecular flexibility index (Phi) is 69.6. The highest BCUT2D eigenvalue weighted by Gasteiger charge is 2.30. The molecule has 17 nitrogen and oxygen atoms in total. The Morgan fingerprint density at radius 1 is 0.289 bits per heavy atom. The maximum atomic E-state index is 13.1. The Morgan fingerprint density at radius 3 is 0.732 bits per heavy atom. The van der Waals surface area contributed by atoms with Crippen molar-refractivity contribution in [1.82, 2.24) is 0 Å². The topological polar surface area (TPSA) is 237 Å². The second-order valence-corrected chi connectivity index (χ2v) is 31.3. The number of carbonyl (C=O) groups excluding carboxylic acids is 4. The third-order valence-corrected chi connectivity index (χ3v) is 20.5. The van der Waals surface area contributed by atoms with Crippen LogP contribution in [0.25, 0.3) is 0 Å². The lowest BCUT2D eigenvalue weighted by Gasteiger charge is -2.21. The van der Waals surface area contributed by atoms with Gasteiger partial charge in [-0.2, -0.15) is 0 Å². The molecule has 0 aromatic carbocycles. The summed E-state index contributed by atoms with van der Waals surface area (Å²) in [7, 11) is -9.91. The van der Waals surface area contributed by atoms with E-state index in [2.05, 4.69) is 34.6 Å². The maximum absolute atomic E-state index is 13.1. The molecule has 19 heteroatoms. The van der Waals surface area contributed by atoms with Crippen molar-refractivity contribution in [3.63, 3.8) is 0 Å². The summed E-state index contributed by atoms with van der Waals surface area (Å²) in [5, 5.41) is 10.6. The van der Waals surface area contributed by atoms with Gasteiger partial charge in [-0.1, -0.05) is 362 Å². The number of phosphoric ester groups is 2. The minimum atomic E-state index is -4.96. The van der Waals surface area contributed by atoms with Crippen molar-refractivity contribution in [1.29, 1.82) is 0 Å². The van der Waals surface area contributed by atoms with E-state index in [1.807, 2.05) is 0 Å². The normalized spacial score (nSPS) is 14.2. The number of aliphatic hydroxyl groups excluding tert-OH is 1. The molecule has 0 saturated carbocycles. The van der Waals surface area contributed by atoms with Gasteiger partial charge in [-0.3, -0.25) is 37.3 Å². The van der Waals surface area contributed by atoms with Gasteiger partial charge in [0.15, 0.2) is 12.2 Å². The van der Waals surface area contributed by atoms with Crippen LogP contribution >= 0.6 is 15.6 Å². The zero-order valence-electron chi connectivity index (χ0n) is 63.2. The first kappa shape index (κ1) is 95.1. The summed E-state index contributed by atoms with van der Waals surface area (Å²) >= 11 is 0. The van der Waals surface area contributed by atoms with E-state index in [1.165, 1.54) is 231 Å². The summed E-state index contributed by atoms with van der Waals surface area (Å²) in [6, 6.07) is 0. The summed E-state index contributed by atoms with van der Waals surface area (Å²) in [4.78, 5) is 72.9. The highest BCUT2D eigenvalue weighted by atomic mass is 31.2. The largest absolute Gasteiger partial charge is 0.472 e. The summed E-state index contributed by atoms with van der Waals surface area (Å²) in [6.07, 6.45) is 61.0. The molecule has 0 radical (unpaired) electrons. The number of unbranched alkanes of at least 4 members (excludes halogenated alkanes) is 49. The SMILES string of the molecule is CCCCCCCCCCCCCCCCCCCCCC(=O)O[C@H](COC(=O)CCCCCCCCCCCCCCCCCC)COP(=O)(O)OC[C@@H](O)COP(=O)(O)OC[C@@H](COC(=O)CCCCCCCCC(C)CC)OC(=O)CCCCCCCCCCCCCC. The molecule has 0 fully saturated rings. The van der Waals surface area contributed by atoms with Crippen LogP contribution in [0.2, 0.25) is 0 Å². The number of rotatable bonds is 78. The van der Waals surface area contributed by atoms with Gasteiger partial charge < -0.3 is 33.8 Å². The first-order chi connectivity index (χ1) is 47.1. The Labute approximate surface area is 594 Å². The predicted octanol–water partition coefficient (Wildman–Crippen LogP) is 23.3. The number of esters is 4. The van der Waals surface area contributed by atoms with E-state index in [-0.39, 0.29) is 25.7 Å². The fourth-order valence-electron chi connectivity index (χ4n) is 12.0. The lowest BCUT2D eigenvalue weighted by Crippen LogP contribution is -2.30. The molecule has 0 heterocycles. The zero-order chi connectivity index (χ0) is 71.2. The van der Waals surface area contributed by atoms with Crippen LogP contribution in [0.5, 0.6) is 0 Å². The first-order valence-electron chi connectivity index (χ1n) is 40.7. The van der Waals surface area contributed by atoms with Crippen molar-refractivity contribution >= 4 is 39.5 Å². The molecule has 0 aromatic heterocycles. The minimum Gasteiger partial charge on any atom is -0.462 e. The van der Waals surface area contributed by atoms with Crippen LogP contribution in [-0.4, -0.2) is 96.7 Å². The van der Waals surface area contributed by atoms with E-state index >= 15 is 0 Å². The Balaban J connectivity index is 5.23. The van der Waals surface area contributed by atoms with Gasteiger partial charge in [0, 0.05) is 25.7 Å². The van der Waals surface area contributed by atoms with Crippen molar-refractivity contribution < 1.29 is 80.2 Å². The van der Waals surface area contributed by atoms with Gasteiger partial charge in [-0.05, 0) is 31.6 Å². The van der Waals surface area contributed by atoms with Crippen molar-refractivity contribution in [2.75, 3.05) is 39.6 Å². The van der Waals surface area contributed by atoms with Crippen LogP contribution in [0.1, 0.15) is 413 Å². The lowest BCUT2D eigenvalue weighted by molar-refractivity contribution is -0.161. The zero-order valence-corrected chi connectivity index (χ0v) is 65.0. The third kappa shape index (κ3) is 70.9. The van der Waals surface area contributed by atoms with E-state index in [1.54, 1.807) is 0 Å². The van der Waals surface area contributed by atoms with E-state index < -0.39 is 97.5 Å². The molecule has 3 unspecified atom stereocenters. The Morgan fingerprint density at radius 2 is 0.495 bits per heavy atom. The number of hydrogen-bond donors (Lipinski definition) is 3. The predicted molar refractivity (Wildman–Crippen MR) is 395 cm³/mol. The quantitative estimate of drug-likeness (QED) is 0.0222. The highest BCUT2D eigenvalue weighted by Crippen LogP contribution is 2.45. The molecule has 0 rings (SSSR count). The number of carbonyl (C=O) groups is 4. The van der Waals surface area contributed by atoms with Gasteiger partial charge in [-0.25, -0.2) is 9.13 Å². The van der Waals surface area contributed by atoms with Gasteiger partial charge in [0.1, 0.15) is 19.3 Å². The second-order valence-electron chi connectivity index (χ2n) is 28.3. The van der Waals surface area contributed by atoms with Gasteiger partial charge in [-0.15, -0.1) is 0 Å². The monoisotopic (exact) mass is 1420 g/mol. The van der Waals surface area contributed by atoms with Crippen LogP contribution in [0.15, 0.2) is 0 Å². The van der Waals surface area contributed by atoms with Crippen LogP contribution < -0.4 is 0 Å². The molecule has 0 aliphatic heterocycles. The Hall–Kier alpha value is -1.94. The summed E-state index contributed by atoms with van der Waals surface area (Å²) < 4.78 is 68.6. The summed E-state index contributed by atoms with van der Waals surface area (Å²) in [5.74, 6) is -1.38. The second kappa shape index (κ2) is 71.1. The lowest BCUT2D eigenvalue weighted by atomic mass is 10.00. The molecule has 0 amide bonds. The van der Waals surface area contributed by atoms with E-state index in [9.17, 15) is 43.2 Å². The van der Waals surface area contributed by atoms with Crippen molar-refractivity contribution in [2.45, 2.75) is 432 Å². The van der Waals surface area contributed by atoms with Crippen LogP contribution in [0.4, 0.5) is 0 Å². The van der Waals surface area contributed by atoms with Gasteiger partial charge in [0.05, 0.1) is 26.4 Å². The average molecular weight is 1420 g/mol. The molecule has 0 saturated heterocycles. The maximum Gasteiger partial charge on any atom is 0.472 e. The molecular weight excluding hydrogens is 1270 g/mol. The van der Waals surface area contributed by atoms with E-state index in [4.69, 9.17) is 37.0 Å². The van der Waals surface area contributed by atoms with Crippen molar-refractivity contribution in [2.24, 2.45) is 5.92 Å². The number of ether oxygens (including phenoxy) is 4. The smallest absolute Gasteiger partial charge is 0.462 e. The standard InChI is InChI=1S/C78H152O17P2/c1-6-10-13-16-19-22-25-28-30-32-33-34-36-38-41-44-47-54-59-64-78(83)94-73(67-88-75(80)61-56-51-45-42-40-37-35-31-29-26-23-20-17-14-11-7-2)69-92-96(84,85)90-65-72(79)66-91-97(86,87)93-70-74(68-89-76(81)62-57-52-49-48-50-55-60-71(5)9-4)95-77(82)63-58-53-46-43-39-27-24-21-18-15-12-8-3/h71-74,79H,6-70H2,1-5H3,(H,84,85)(H,86,87)/t71?,72-,73-,74-/m1/s1. The molecule has 0 aromatic rings. The Bertz CT molecular complexity index is 1860. The van der Waals surface area contributed by atoms with E-state index in [0.29, 0.717) is 25.7 Å². The summed E-state index contributed by atoms with van der Waals surface area (Å²) in [6.45, 7) is 7.27. The van der Waals surface area contributed by atoms with Crippen molar-refractivity contribution in [3.05, 3.63) is 0 Å². The fourth-order valence-corrected chi connectivity index (χ4v) is 13.6. The molecule has 0 aliphatic carbocycles. The first-order valence-corrected chi connectivity index (χ1v) is 43.7. The minimum absolute atomic E-state index is 0.107. The molecule has 0 bridgehead atoms. The van der Waals surface area contributed by atoms with Crippen molar-refractivity contribution in [3.8, 4) is 0 Å². The number of hydrogen-bond acceptors (Lipinski definition) is 15. The number of aliphatic hydroxyl groups is 1. The fraction of sp³-hybridized carbons (Fsp3) is 0.949. The van der Waals surface area contributed by atoms with Crippen LogP contribution in [0, 0.1) is 5.92 Å². The molecule has 3 N–H and O–H groups in total. The molecule has 6 atom stereocenters. The molecule has 0 aliphatic rings.